The van der Waals surface area contributed by atoms with E-state index in [1.807, 2.05) is 18.2 Å². The lowest BCUT2D eigenvalue weighted by atomic mass is 9.87. The number of aromatic nitrogens is 3. The third-order valence-corrected chi connectivity index (χ3v) is 4.16. The van der Waals surface area contributed by atoms with E-state index in [9.17, 15) is 0 Å². The van der Waals surface area contributed by atoms with Crippen molar-refractivity contribution in [2.24, 2.45) is 0 Å². The Morgan fingerprint density at radius 1 is 1.21 bits per heavy atom. The molecule has 1 aromatic carbocycles. The Hall–Kier alpha value is -2.21. The highest BCUT2D eigenvalue weighted by molar-refractivity contribution is 9.10. The number of nitrogens with zero attached hydrogens (tertiary/aromatic N) is 3. The standard InChI is InChI=1S/C18H18BrN3O2/c1-18(2,3)13-6-7-15(14(19)9-13)23-11-16-21-17(22-24-16)12-5-4-8-20-10-12/h4-10H,11H2,1-3H3. The van der Waals surface area contributed by atoms with Gasteiger partial charge in [-0.2, -0.15) is 4.98 Å². The molecule has 0 N–H and O–H groups in total. The van der Waals surface area contributed by atoms with Gasteiger partial charge in [0.05, 0.1) is 4.47 Å². The minimum atomic E-state index is 0.0894. The van der Waals surface area contributed by atoms with E-state index in [1.54, 1.807) is 12.4 Å². The zero-order chi connectivity index (χ0) is 17.2. The molecule has 24 heavy (non-hydrogen) atoms. The molecule has 0 spiro atoms. The summed E-state index contributed by atoms with van der Waals surface area (Å²) in [4.78, 5) is 8.37. The van der Waals surface area contributed by atoms with Crippen molar-refractivity contribution in [3.63, 3.8) is 0 Å². The van der Waals surface area contributed by atoms with E-state index in [4.69, 9.17) is 9.26 Å². The molecule has 0 aliphatic rings. The highest BCUT2D eigenvalue weighted by Crippen LogP contribution is 2.31. The van der Waals surface area contributed by atoms with Gasteiger partial charge in [0.1, 0.15) is 5.75 Å². The number of pyridine rings is 1. The number of rotatable bonds is 4. The number of hydrogen-bond donors (Lipinski definition) is 0. The maximum absolute atomic E-state index is 5.78. The lowest BCUT2D eigenvalue weighted by molar-refractivity contribution is 0.241. The summed E-state index contributed by atoms with van der Waals surface area (Å²) < 4.78 is 11.9. The predicted molar refractivity (Wildman–Crippen MR) is 94.7 cm³/mol. The summed E-state index contributed by atoms with van der Waals surface area (Å²) in [5.41, 5.74) is 2.13. The maximum Gasteiger partial charge on any atom is 0.264 e. The van der Waals surface area contributed by atoms with Crippen LogP contribution in [0.4, 0.5) is 0 Å². The molecular formula is C18H18BrN3O2. The molecule has 0 bridgehead atoms. The summed E-state index contributed by atoms with van der Waals surface area (Å²) in [6, 6.07) is 9.79. The van der Waals surface area contributed by atoms with Crippen molar-refractivity contribution in [2.75, 3.05) is 0 Å². The Morgan fingerprint density at radius 3 is 2.71 bits per heavy atom. The molecule has 5 nitrogen and oxygen atoms in total. The summed E-state index contributed by atoms with van der Waals surface area (Å²) in [7, 11) is 0. The molecule has 0 fully saturated rings. The van der Waals surface area contributed by atoms with Crippen LogP contribution < -0.4 is 4.74 Å². The van der Waals surface area contributed by atoms with Crippen LogP contribution in [0.5, 0.6) is 5.75 Å². The van der Waals surface area contributed by atoms with Gasteiger partial charge in [-0.15, -0.1) is 0 Å². The maximum atomic E-state index is 5.78. The van der Waals surface area contributed by atoms with Crippen LogP contribution in [0.15, 0.2) is 51.7 Å². The summed E-state index contributed by atoms with van der Waals surface area (Å²) in [6.07, 6.45) is 3.39. The Kier molecular flexibility index (Phi) is 4.66. The molecule has 0 amide bonds. The quantitative estimate of drug-likeness (QED) is 0.644. The predicted octanol–water partition coefficient (Wildman–Crippen LogP) is 4.77. The van der Waals surface area contributed by atoms with E-state index >= 15 is 0 Å². The van der Waals surface area contributed by atoms with E-state index in [0.717, 1.165) is 15.8 Å². The molecule has 2 aromatic heterocycles. The average molecular weight is 388 g/mol. The molecule has 0 aliphatic heterocycles. The van der Waals surface area contributed by atoms with Crippen molar-refractivity contribution in [1.29, 1.82) is 0 Å². The fraction of sp³-hybridized carbons (Fsp3) is 0.278. The van der Waals surface area contributed by atoms with Crippen molar-refractivity contribution in [3.05, 3.63) is 58.7 Å². The van der Waals surface area contributed by atoms with Crippen molar-refractivity contribution in [2.45, 2.75) is 32.8 Å². The van der Waals surface area contributed by atoms with Gasteiger partial charge in [-0.25, -0.2) is 0 Å². The minimum absolute atomic E-state index is 0.0894. The number of halogens is 1. The van der Waals surface area contributed by atoms with Gasteiger partial charge in [0.2, 0.25) is 5.82 Å². The molecule has 3 rings (SSSR count). The Morgan fingerprint density at radius 2 is 2.04 bits per heavy atom. The first-order valence-corrected chi connectivity index (χ1v) is 8.38. The van der Waals surface area contributed by atoms with E-state index in [1.165, 1.54) is 5.56 Å². The van der Waals surface area contributed by atoms with Gasteiger partial charge in [-0.1, -0.05) is 32.0 Å². The molecule has 6 heteroatoms. The Bertz CT molecular complexity index is 826. The molecule has 0 aliphatic carbocycles. The normalized spacial score (nSPS) is 11.5. The molecule has 3 aromatic rings. The zero-order valence-corrected chi connectivity index (χ0v) is 15.4. The first-order valence-electron chi connectivity index (χ1n) is 7.59. The lowest BCUT2D eigenvalue weighted by Crippen LogP contribution is -2.11. The Balaban J connectivity index is 1.69. The van der Waals surface area contributed by atoms with Gasteiger partial charge in [-0.3, -0.25) is 4.98 Å². The minimum Gasteiger partial charge on any atom is -0.483 e. The van der Waals surface area contributed by atoms with Gasteiger partial charge in [-0.05, 0) is 51.2 Å². The first kappa shape index (κ1) is 16.6. The van der Waals surface area contributed by atoms with Crippen molar-refractivity contribution < 1.29 is 9.26 Å². The van der Waals surface area contributed by atoms with Crippen LogP contribution in [0.25, 0.3) is 11.4 Å². The van der Waals surface area contributed by atoms with Crippen LogP contribution in [0.1, 0.15) is 32.2 Å². The smallest absolute Gasteiger partial charge is 0.264 e. The van der Waals surface area contributed by atoms with E-state index in [-0.39, 0.29) is 12.0 Å². The van der Waals surface area contributed by atoms with Crippen LogP contribution in [-0.4, -0.2) is 15.1 Å². The molecule has 0 saturated heterocycles. The number of ether oxygens (including phenoxy) is 1. The molecule has 0 radical (unpaired) electrons. The highest BCUT2D eigenvalue weighted by Gasteiger charge is 2.16. The second kappa shape index (κ2) is 6.73. The van der Waals surface area contributed by atoms with Gasteiger partial charge >= 0.3 is 0 Å². The molecule has 0 atom stereocenters. The van der Waals surface area contributed by atoms with Crippen LogP contribution in [-0.2, 0) is 12.0 Å². The third-order valence-electron chi connectivity index (χ3n) is 3.54. The fourth-order valence-electron chi connectivity index (χ4n) is 2.15. The van der Waals surface area contributed by atoms with Gasteiger partial charge < -0.3 is 9.26 Å². The van der Waals surface area contributed by atoms with Gasteiger partial charge in [0.15, 0.2) is 6.61 Å². The first-order chi connectivity index (χ1) is 11.4. The van der Waals surface area contributed by atoms with E-state index in [0.29, 0.717) is 11.7 Å². The highest BCUT2D eigenvalue weighted by atomic mass is 79.9. The van der Waals surface area contributed by atoms with Gasteiger partial charge in [0.25, 0.3) is 5.89 Å². The molecule has 124 valence electrons. The van der Waals surface area contributed by atoms with Crippen LogP contribution in [0.3, 0.4) is 0 Å². The Labute approximate surface area is 149 Å². The van der Waals surface area contributed by atoms with Crippen molar-refractivity contribution >= 4 is 15.9 Å². The molecule has 0 unspecified atom stereocenters. The summed E-state index contributed by atoms with van der Waals surface area (Å²) in [5.74, 6) is 1.66. The summed E-state index contributed by atoms with van der Waals surface area (Å²) >= 11 is 3.56. The van der Waals surface area contributed by atoms with Crippen molar-refractivity contribution in [3.8, 4) is 17.1 Å². The summed E-state index contributed by atoms with van der Waals surface area (Å²) in [6.45, 7) is 6.73. The van der Waals surface area contributed by atoms with Crippen LogP contribution >= 0.6 is 15.9 Å². The largest absolute Gasteiger partial charge is 0.483 e. The SMILES string of the molecule is CC(C)(C)c1ccc(OCc2nc(-c3cccnc3)no2)c(Br)c1. The molecule has 0 saturated carbocycles. The number of hydrogen-bond acceptors (Lipinski definition) is 5. The van der Waals surface area contributed by atoms with Crippen LogP contribution in [0.2, 0.25) is 0 Å². The zero-order valence-electron chi connectivity index (χ0n) is 13.8. The van der Waals surface area contributed by atoms with E-state index < -0.39 is 0 Å². The number of benzene rings is 1. The van der Waals surface area contributed by atoms with E-state index in [2.05, 4.69) is 64.0 Å². The third kappa shape index (κ3) is 3.82. The lowest BCUT2D eigenvalue weighted by Gasteiger charge is -2.20. The fourth-order valence-corrected chi connectivity index (χ4v) is 2.64. The monoisotopic (exact) mass is 387 g/mol. The summed E-state index contributed by atoms with van der Waals surface area (Å²) in [5, 5.41) is 3.95. The molecule has 2 heterocycles. The second-order valence-corrected chi connectivity index (χ2v) is 7.29. The molecular weight excluding hydrogens is 370 g/mol. The average Bonchev–Trinajstić information content (AvgIpc) is 3.02. The van der Waals surface area contributed by atoms with Crippen LogP contribution in [0, 0.1) is 0 Å². The van der Waals surface area contributed by atoms with Gasteiger partial charge in [0, 0.05) is 18.0 Å². The topological polar surface area (TPSA) is 61.0 Å². The second-order valence-electron chi connectivity index (χ2n) is 6.44. The van der Waals surface area contributed by atoms with Crippen molar-refractivity contribution in [1.82, 2.24) is 15.1 Å².